The third-order valence-corrected chi connectivity index (χ3v) is 6.04. The minimum absolute atomic E-state index is 0.157. The lowest BCUT2D eigenvalue weighted by molar-refractivity contribution is -0.118. The van der Waals surface area contributed by atoms with Crippen LogP contribution >= 0.6 is 23.4 Å². The Morgan fingerprint density at radius 1 is 1.09 bits per heavy atom. The number of thioether (sulfide) groups is 1. The maximum atomic E-state index is 13.1. The lowest BCUT2D eigenvalue weighted by Crippen LogP contribution is -2.21. The standard InChI is InChI=1S/C24H20ClFN4OS/c1-16(18-8-12-20(26)13-9-18)28-29-23(31)15-32-24-27-21-4-2-3-5-22(21)30(24)14-17-6-10-19(25)11-7-17/h2-13H,14-15H2,1H3,(H,29,31). The Labute approximate surface area is 194 Å². The molecule has 0 unspecified atom stereocenters. The number of aromatic nitrogens is 2. The van der Waals surface area contributed by atoms with Gasteiger partial charge in [-0.05, 0) is 54.4 Å². The summed E-state index contributed by atoms with van der Waals surface area (Å²) in [5.74, 6) is -0.408. The van der Waals surface area contributed by atoms with Gasteiger partial charge in [-0.15, -0.1) is 0 Å². The van der Waals surface area contributed by atoms with Crippen LogP contribution in [0.15, 0.2) is 83.1 Å². The van der Waals surface area contributed by atoms with Crippen molar-refractivity contribution in [2.24, 2.45) is 5.10 Å². The van der Waals surface area contributed by atoms with Gasteiger partial charge in [0.1, 0.15) is 5.82 Å². The second-order valence-electron chi connectivity index (χ2n) is 7.12. The number of imidazole rings is 1. The number of fused-ring (bicyclic) bond motifs is 1. The molecule has 162 valence electrons. The van der Waals surface area contributed by atoms with Crippen LogP contribution in [-0.4, -0.2) is 26.9 Å². The quantitative estimate of drug-likeness (QED) is 0.222. The molecular formula is C24H20ClFN4OS. The Morgan fingerprint density at radius 3 is 2.56 bits per heavy atom. The van der Waals surface area contributed by atoms with Crippen LogP contribution in [0, 0.1) is 5.82 Å². The van der Waals surface area contributed by atoms with E-state index in [0.717, 1.165) is 27.3 Å². The average Bonchev–Trinajstić information content (AvgIpc) is 3.15. The third-order valence-electron chi connectivity index (χ3n) is 4.82. The van der Waals surface area contributed by atoms with Crippen molar-refractivity contribution in [2.45, 2.75) is 18.6 Å². The van der Waals surface area contributed by atoms with Crippen LogP contribution in [0.4, 0.5) is 4.39 Å². The number of nitrogens with one attached hydrogen (secondary N) is 1. The van der Waals surface area contributed by atoms with Gasteiger partial charge in [0.05, 0.1) is 29.0 Å². The maximum absolute atomic E-state index is 13.1. The number of carbonyl (C=O) groups is 1. The van der Waals surface area contributed by atoms with Crippen LogP contribution < -0.4 is 5.43 Å². The first kappa shape index (κ1) is 22.0. The maximum Gasteiger partial charge on any atom is 0.250 e. The van der Waals surface area contributed by atoms with E-state index in [9.17, 15) is 9.18 Å². The topological polar surface area (TPSA) is 59.3 Å². The van der Waals surface area contributed by atoms with Gasteiger partial charge in [-0.3, -0.25) is 4.79 Å². The zero-order valence-electron chi connectivity index (χ0n) is 17.3. The molecule has 4 aromatic rings. The van der Waals surface area contributed by atoms with Crippen molar-refractivity contribution in [3.8, 4) is 0 Å². The molecule has 0 saturated carbocycles. The van der Waals surface area contributed by atoms with E-state index in [1.807, 2.05) is 48.5 Å². The molecule has 32 heavy (non-hydrogen) atoms. The molecule has 5 nitrogen and oxygen atoms in total. The molecule has 1 N–H and O–H groups in total. The van der Waals surface area contributed by atoms with Crippen molar-refractivity contribution >= 4 is 46.0 Å². The fraction of sp³-hybridized carbons (Fsp3) is 0.125. The van der Waals surface area contributed by atoms with Crippen LogP contribution in [0.2, 0.25) is 5.02 Å². The highest BCUT2D eigenvalue weighted by molar-refractivity contribution is 7.99. The second kappa shape index (κ2) is 9.97. The Bertz CT molecular complexity index is 1270. The minimum Gasteiger partial charge on any atom is -0.314 e. The van der Waals surface area contributed by atoms with Crippen molar-refractivity contribution in [1.82, 2.24) is 15.0 Å². The molecule has 0 saturated heterocycles. The smallest absolute Gasteiger partial charge is 0.250 e. The van der Waals surface area contributed by atoms with Crippen LogP contribution in [0.25, 0.3) is 11.0 Å². The van der Waals surface area contributed by atoms with Gasteiger partial charge in [0.25, 0.3) is 5.91 Å². The van der Waals surface area contributed by atoms with Gasteiger partial charge >= 0.3 is 0 Å². The number of rotatable bonds is 7. The molecule has 0 aliphatic carbocycles. The number of carbonyl (C=O) groups excluding carboxylic acids is 1. The molecule has 0 fully saturated rings. The fourth-order valence-corrected chi connectivity index (χ4v) is 4.09. The predicted molar refractivity (Wildman–Crippen MR) is 128 cm³/mol. The first-order valence-corrected chi connectivity index (χ1v) is 11.3. The first-order chi connectivity index (χ1) is 15.5. The number of benzene rings is 3. The number of hydrogen-bond acceptors (Lipinski definition) is 4. The highest BCUT2D eigenvalue weighted by atomic mass is 35.5. The summed E-state index contributed by atoms with van der Waals surface area (Å²) in [5.41, 5.74) is 6.85. The van der Waals surface area contributed by atoms with E-state index in [4.69, 9.17) is 16.6 Å². The first-order valence-electron chi connectivity index (χ1n) is 9.91. The normalized spacial score (nSPS) is 11.7. The molecule has 3 aromatic carbocycles. The summed E-state index contributed by atoms with van der Waals surface area (Å²) >= 11 is 7.36. The molecule has 0 bridgehead atoms. The zero-order valence-corrected chi connectivity index (χ0v) is 18.8. The molecule has 0 aliphatic rings. The Hall–Kier alpha value is -3.16. The van der Waals surface area contributed by atoms with E-state index in [2.05, 4.69) is 15.1 Å². The van der Waals surface area contributed by atoms with Gasteiger partial charge in [0, 0.05) is 5.02 Å². The van der Waals surface area contributed by atoms with E-state index >= 15 is 0 Å². The second-order valence-corrected chi connectivity index (χ2v) is 8.50. The number of halogens is 2. The summed E-state index contributed by atoms with van der Waals surface area (Å²) in [6.07, 6.45) is 0. The Morgan fingerprint density at radius 2 is 1.81 bits per heavy atom. The molecule has 0 aliphatic heterocycles. The van der Waals surface area contributed by atoms with Crippen molar-refractivity contribution in [1.29, 1.82) is 0 Å². The van der Waals surface area contributed by atoms with Crippen molar-refractivity contribution < 1.29 is 9.18 Å². The van der Waals surface area contributed by atoms with E-state index in [1.165, 1.54) is 23.9 Å². The van der Waals surface area contributed by atoms with E-state index in [-0.39, 0.29) is 17.5 Å². The van der Waals surface area contributed by atoms with Crippen molar-refractivity contribution in [3.05, 3.63) is 94.8 Å². The predicted octanol–water partition coefficient (Wildman–Crippen LogP) is 5.51. The lowest BCUT2D eigenvalue weighted by atomic mass is 10.1. The molecular weight excluding hydrogens is 447 g/mol. The molecule has 8 heteroatoms. The van der Waals surface area contributed by atoms with Gasteiger partial charge in [-0.2, -0.15) is 5.10 Å². The number of nitrogens with zero attached hydrogens (tertiary/aromatic N) is 3. The van der Waals surface area contributed by atoms with Crippen LogP contribution in [0.3, 0.4) is 0 Å². The minimum atomic E-state index is -0.316. The molecule has 1 heterocycles. The fourth-order valence-electron chi connectivity index (χ4n) is 3.15. The lowest BCUT2D eigenvalue weighted by Gasteiger charge is -2.09. The summed E-state index contributed by atoms with van der Waals surface area (Å²) in [6.45, 7) is 2.37. The van der Waals surface area contributed by atoms with Crippen molar-refractivity contribution in [3.63, 3.8) is 0 Å². The molecule has 0 spiro atoms. The molecule has 0 atom stereocenters. The third kappa shape index (κ3) is 5.36. The molecule has 1 aromatic heterocycles. The summed E-state index contributed by atoms with van der Waals surface area (Å²) in [5, 5.41) is 5.55. The van der Waals surface area contributed by atoms with Crippen LogP contribution in [-0.2, 0) is 11.3 Å². The van der Waals surface area contributed by atoms with Gasteiger partial charge in [0.15, 0.2) is 5.16 Å². The van der Waals surface area contributed by atoms with Crippen LogP contribution in [0.5, 0.6) is 0 Å². The summed E-state index contributed by atoms with van der Waals surface area (Å²) in [4.78, 5) is 17.1. The summed E-state index contributed by atoms with van der Waals surface area (Å²) < 4.78 is 15.2. The number of amides is 1. The van der Waals surface area contributed by atoms with E-state index < -0.39 is 0 Å². The van der Waals surface area contributed by atoms with Crippen molar-refractivity contribution in [2.75, 3.05) is 5.75 Å². The molecule has 4 rings (SSSR count). The number of hydrazone groups is 1. The monoisotopic (exact) mass is 466 g/mol. The highest BCUT2D eigenvalue weighted by Gasteiger charge is 2.13. The number of hydrogen-bond donors (Lipinski definition) is 1. The summed E-state index contributed by atoms with van der Waals surface area (Å²) in [6, 6.07) is 21.5. The van der Waals surface area contributed by atoms with Gasteiger partial charge < -0.3 is 4.57 Å². The molecule has 1 amide bonds. The average molecular weight is 467 g/mol. The SMILES string of the molecule is CC(=NNC(=O)CSc1nc2ccccc2n1Cc1ccc(Cl)cc1)c1ccc(F)cc1. The Balaban J connectivity index is 1.46. The summed E-state index contributed by atoms with van der Waals surface area (Å²) in [7, 11) is 0. The number of para-hydroxylation sites is 2. The zero-order chi connectivity index (χ0) is 22.5. The van der Waals surface area contributed by atoms with Gasteiger partial charge in [0.2, 0.25) is 0 Å². The van der Waals surface area contributed by atoms with Crippen LogP contribution in [0.1, 0.15) is 18.1 Å². The Kier molecular flexibility index (Phi) is 6.87. The van der Waals surface area contributed by atoms with Gasteiger partial charge in [-0.25, -0.2) is 14.8 Å². The largest absolute Gasteiger partial charge is 0.314 e. The highest BCUT2D eigenvalue weighted by Crippen LogP contribution is 2.25. The molecule has 0 radical (unpaired) electrons. The van der Waals surface area contributed by atoms with E-state index in [0.29, 0.717) is 17.3 Å². The van der Waals surface area contributed by atoms with Gasteiger partial charge in [-0.1, -0.05) is 59.8 Å². The van der Waals surface area contributed by atoms with E-state index in [1.54, 1.807) is 19.1 Å².